The van der Waals surface area contributed by atoms with Gasteiger partial charge in [-0.05, 0) is 29.8 Å². The Hall–Kier alpha value is -1.81. The number of rotatable bonds is 9. The zero-order valence-corrected chi connectivity index (χ0v) is 18.2. The van der Waals surface area contributed by atoms with Crippen molar-refractivity contribution in [1.82, 2.24) is 14.5 Å². The van der Waals surface area contributed by atoms with Gasteiger partial charge in [-0.1, -0.05) is 12.1 Å². The molecule has 1 aromatic heterocycles. The van der Waals surface area contributed by atoms with E-state index in [2.05, 4.69) is 10.2 Å². The van der Waals surface area contributed by atoms with Gasteiger partial charge in [-0.25, -0.2) is 8.42 Å². The van der Waals surface area contributed by atoms with Crippen molar-refractivity contribution >= 4 is 27.7 Å². The first-order valence-corrected chi connectivity index (χ1v) is 12.6. The minimum absolute atomic E-state index is 0.0723. The summed E-state index contributed by atoms with van der Waals surface area (Å²) in [5, 5.41) is 2.94. The smallest absolute Gasteiger partial charge is 0.251 e. The number of furan rings is 1. The van der Waals surface area contributed by atoms with Crippen molar-refractivity contribution in [1.29, 1.82) is 0 Å². The molecule has 0 unspecified atom stereocenters. The first-order valence-electron chi connectivity index (χ1n) is 9.56. The SMILES string of the molecule is CS(=O)(=O)N1CCN(Cc2ccc(C(=O)NCCSCc3ccco3)cc2)CC1. The maximum Gasteiger partial charge on any atom is 0.251 e. The number of piperazine rings is 1. The van der Waals surface area contributed by atoms with Crippen LogP contribution in [0.5, 0.6) is 0 Å². The molecule has 2 aromatic rings. The van der Waals surface area contributed by atoms with Gasteiger partial charge in [-0.2, -0.15) is 16.1 Å². The predicted octanol–water partition coefficient (Wildman–Crippen LogP) is 2.02. The fraction of sp³-hybridized carbons (Fsp3) is 0.450. The second-order valence-corrected chi connectivity index (χ2v) is 10.1. The highest BCUT2D eigenvalue weighted by molar-refractivity contribution is 7.98. The molecule has 1 aliphatic rings. The van der Waals surface area contributed by atoms with E-state index in [-0.39, 0.29) is 5.91 Å². The molecule has 0 bridgehead atoms. The number of sulfonamides is 1. The lowest BCUT2D eigenvalue weighted by atomic mass is 10.1. The molecule has 0 radical (unpaired) electrons. The number of carbonyl (C=O) groups excluding carboxylic acids is 1. The summed E-state index contributed by atoms with van der Waals surface area (Å²) in [7, 11) is -3.10. The van der Waals surface area contributed by atoms with Crippen molar-refractivity contribution in [3.8, 4) is 0 Å². The lowest BCUT2D eigenvalue weighted by molar-refractivity contribution is 0.0956. The molecule has 1 amide bonds. The molecule has 1 saturated heterocycles. The van der Waals surface area contributed by atoms with Gasteiger partial charge in [0.1, 0.15) is 5.76 Å². The Morgan fingerprint density at radius 2 is 1.86 bits per heavy atom. The van der Waals surface area contributed by atoms with Crippen LogP contribution < -0.4 is 5.32 Å². The van der Waals surface area contributed by atoms with E-state index in [1.54, 1.807) is 18.0 Å². The Balaban J connectivity index is 1.37. The van der Waals surface area contributed by atoms with Crippen molar-refractivity contribution in [2.24, 2.45) is 0 Å². The predicted molar refractivity (Wildman–Crippen MR) is 115 cm³/mol. The molecule has 1 fully saturated rings. The van der Waals surface area contributed by atoms with E-state index >= 15 is 0 Å². The first kappa shape index (κ1) is 21.9. The highest BCUT2D eigenvalue weighted by Crippen LogP contribution is 2.13. The fourth-order valence-electron chi connectivity index (χ4n) is 3.15. The van der Waals surface area contributed by atoms with Gasteiger partial charge < -0.3 is 9.73 Å². The Morgan fingerprint density at radius 1 is 1.14 bits per heavy atom. The average molecular weight is 438 g/mol. The van der Waals surface area contributed by atoms with Crippen LogP contribution in [0, 0.1) is 0 Å². The molecule has 0 spiro atoms. The maximum atomic E-state index is 12.3. The lowest BCUT2D eigenvalue weighted by Crippen LogP contribution is -2.47. The highest BCUT2D eigenvalue weighted by Gasteiger charge is 2.23. The van der Waals surface area contributed by atoms with Gasteiger partial charge in [0, 0.05) is 50.6 Å². The summed E-state index contributed by atoms with van der Waals surface area (Å²) in [5.41, 5.74) is 1.76. The number of thioether (sulfide) groups is 1. The highest BCUT2D eigenvalue weighted by atomic mass is 32.2. The molecule has 1 aromatic carbocycles. The molecule has 9 heteroatoms. The van der Waals surface area contributed by atoms with Gasteiger partial charge in [0.25, 0.3) is 5.91 Å². The van der Waals surface area contributed by atoms with E-state index in [4.69, 9.17) is 4.42 Å². The topological polar surface area (TPSA) is 82.9 Å². The Morgan fingerprint density at radius 3 is 2.48 bits per heavy atom. The van der Waals surface area contributed by atoms with Crippen LogP contribution in [0.1, 0.15) is 21.7 Å². The first-order chi connectivity index (χ1) is 13.9. The molecule has 29 heavy (non-hydrogen) atoms. The maximum absolute atomic E-state index is 12.3. The van der Waals surface area contributed by atoms with Crippen molar-refractivity contribution < 1.29 is 17.6 Å². The summed E-state index contributed by atoms with van der Waals surface area (Å²) in [5.74, 6) is 2.49. The van der Waals surface area contributed by atoms with Crippen LogP contribution in [-0.4, -0.2) is 68.3 Å². The van der Waals surface area contributed by atoms with Crippen molar-refractivity contribution in [3.63, 3.8) is 0 Å². The third-order valence-electron chi connectivity index (χ3n) is 4.78. The summed E-state index contributed by atoms with van der Waals surface area (Å²) in [4.78, 5) is 14.5. The van der Waals surface area contributed by atoms with Crippen LogP contribution in [0.2, 0.25) is 0 Å². The second-order valence-electron chi connectivity index (χ2n) is 7.02. The number of hydrogen-bond donors (Lipinski definition) is 1. The number of hydrogen-bond acceptors (Lipinski definition) is 6. The van der Waals surface area contributed by atoms with Crippen molar-refractivity contribution in [3.05, 3.63) is 59.5 Å². The Labute approximate surface area is 176 Å². The quantitative estimate of drug-likeness (QED) is 0.605. The van der Waals surface area contributed by atoms with Crippen LogP contribution in [-0.2, 0) is 22.3 Å². The Bertz CT molecular complexity index is 875. The number of nitrogens with one attached hydrogen (secondary N) is 1. The number of benzene rings is 1. The van der Waals surface area contributed by atoms with E-state index in [1.165, 1.54) is 10.6 Å². The third-order valence-corrected chi connectivity index (χ3v) is 7.06. The lowest BCUT2D eigenvalue weighted by Gasteiger charge is -2.33. The largest absolute Gasteiger partial charge is 0.468 e. The normalized spacial score (nSPS) is 16.0. The number of carbonyl (C=O) groups is 1. The average Bonchev–Trinajstić information content (AvgIpc) is 3.21. The van der Waals surface area contributed by atoms with Gasteiger partial charge in [-0.15, -0.1) is 0 Å². The van der Waals surface area contributed by atoms with Gasteiger partial charge in [0.05, 0.1) is 18.3 Å². The standard InChI is InChI=1S/C20H27N3O4S2/c1-29(25,26)23-11-9-22(10-12-23)15-17-4-6-18(7-5-17)20(24)21-8-14-28-16-19-3-2-13-27-19/h2-7,13H,8-12,14-16H2,1H3,(H,21,24). The van der Waals surface area contributed by atoms with Crippen molar-refractivity contribution in [2.75, 3.05) is 44.7 Å². The molecular formula is C20H27N3O4S2. The molecular weight excluding hydrogens is 410 g/mol. The monoisotopic (exact) mass is 437 g/mol. The molecule has 3 rings (SSSR count). The summed E-state index contributed by atoms with van der Waals surface area (Å²) in [6, 6.07) is 11.4. The minimum atomic E-state index is -3.10. The van der Waals surface area contributed by atoms with Crippen LogP contribution in [0.25, 0.3) is 0 Å². The fourth-order valence-corrected chi connectivity index (χ4v) is 4.73. The zero-order valence-electron chi connectivity index (χ0n) is 16.5. The molecule has 1 aliphatic heterocycles. The molecule has 7 nitrogen and oxygen atoms in total. The summed E-state index contributed by atoms with van der Waals surface area (Å²) in [6.45, 7) is 3.84. The van der Waals surface area contributed by atoms with Gasteiger partial charge in [0.15, 0.2) is 0 Å². The molecule has 1 N–H and O–H groups in total. The van der Waals surface area contributed by atoms with E-state index in [0.29, 0.717) is 38.3 Å². The summed E-state index contributed by atoms with van der Waals surface area (Å²) < 4.78 is 30.0. The Kier molecular flexibility index (Phi) is 7.77. The van der Waals surface area contributed by atoms with E-state index < -0.39 is 10.0 Å². The summed E-state index contributed by atoms with van der Waals surface area (Å²) in [6.07, 6.45) is 2.92. The van der Waals surface area contributed by atoms with Gasteiger partial charge in [0.2, 0.25) is 10.0 Å². The molecule has 158 valence electrons. The van der Waals surface area contributed by atoms with Gasteiger partial charge in [-0.3, -0.25) is 9.69 Å². The van der Waals surface area contributed by atoms with E-state index in [1.807, 2.05) is 36.4 Å². The molecule has 0 saturated carbocycles. The number of nitrogens with zero attached hydrogens (tertiary/aromatic N) is 2. The van der Waals surface area contributed by atoms with Crippen LogP contribution >= 0.6 is 11.8 Å². The van der Waals surface area contributed by atoms with Crippen LogP contribution in [0.4, 0.5) is 0 Å². The van der Waals surface area contributed by atoms with Crippen LogP contribution in [0.15, 0.2) is 47.1 Å². The number of amides is 1. The molecule has 0 atom stereocenters. The molecule has 2 heterocycles. The van der Waals surface area contributed by atoms with Gasteiger partial charge >= 0.3 is 0 Å². The summed E-state index contributed by atoms with van der Waals surface area (Å²) >= 11 is 1.72. The van der Waals surface area contributed by atoms with E-state index in [9.17, 15) is 13.2 Å². The molecule has 0 aliphatic carbocycles. The zero-order chi connectivity index (χ0) is 20.7. The van der Waals surface area contributed by atoms with Crippen molar-refractivity contribution in [2.45, 2.75) is 12.3 Å². The second kappa shape index (κ2) is 10.3. The minimum Gasteiger partial charge on any atom is -0.468 e. The van der Waals surface area contributed by atoms with Crippen LogP contribution in [0.3, 0.4) is 0 Å². The third kappa shape index (κ3) is 6.88. The van der Waals surface area contributed by atoms with E-state index in [0.717, 1.165) is 29.4 Å².